The number of aryl methyl sites for hydroxylation is 1. The Hall–Kier alpha value is -1.36. The Morgan fingerprint density at radius 3 is 2.77 bits per heavy atom. The third-order valence-electron chi connectivity index (χ3n) is 4.03. The lowest BCUT2D eigenvalue weighted by atomic mass is 10.2. The number of hydrogen-bond acceptors (Lipinski definition) is 3. The average Bonchev–Trinajstić information content (AvgIpc) is 2.84. The molecule has 0 bridgehead atoms. The predicted octanol–water partition coefficient (Wildman–Crippen LogP) is 3.81. The maximum Gasteiger partial charge on any atom is 0.265 e. The van der Waals surface area contributed by atoms with Crippen LogP contribution in [-0.2, 0) is 0 Å². The van der Waals surface area contributed by atoms with Crippen molar-refractivity contribution in [2.45, 2.75) is 6.92 Å². The van der Waals surface area contributed by atoms with Crippen LogP contribution in [0, 0.1) is 6.92 Å². The van der Waals surface area contributed by atoms with Gasteiger partial charge in [-0.3, -0.25) is 9.69 Å². The number of hydrogen-bond donors (Lipinski definition) is 0. The fraction of sp³-hybridized carbons (Fsp3) is 0.353. The molecule has 2 heterocycles. The fourth-order valence-corrected chi connectivity index (χ4v) is 4.35. The molecule has 1 fully saturated rings. The molecule has 0 aliphatic carbocycles. The molecule has 0 unspecified atom stereocenters. The van der Waals surface area contributed by atoms with E-state index in [9.17, 15) is 4.79 Å². The minimum atomic E-state index is 0.0575. The first-order chi connectivity index (χ1) is 10.6. The monoisotopic (exact) mass is 334 g/mol. The van der Waals surface area contributed by atoms with Crippen LogP contribution in [0.5, 0.6) is 0 Å². The van der Waals surface area contributed by atoms with Crippen molar-refractivity contribution < 1.29 is 4.79 Å². The number of amides is 1. The first-order valence-electron chi connectivity index (χ1n) is 7.41. The Bertz CT molecular complexity index is 717. The quantitative estimate of drug-likeness (QED) is 0.797. The molecule has 1 aromatic heterocycles. The van der Waals surface area contributed by atoms with Crippen LogP contribution in [0.15, 0.2) is 30.9 Å². The normalized spacial score (nSPS) is 16.2. The van der Waals surface area contributed by atoms with Gasteiger partial charge in [-0.05, 0) is 18.6 Å². The number of benzene rings is 1. The van der Waals surface area contributed by atoms with Crippen LogP contribution >= 0.6 is 22.9 Å². The first-order valence-corrected chi connectivity index (χ1v) is 8.61. The van der Waals surface area contributed by atoms with Crippen molar-refractivity contribution in [1.29, 1.82) is 0 Å². The van der Waals surface area contributed by atoms with Gasteiger partial charge in [-0.15, -0.1) is 17.9 Å². The molecule has 1 aromatic carbocycles. The van der Waals surface area contributed by atoms with E-state index >= 15 is 0 Å². The lowest BCUT2D eigenvalue weighted by Crippen LogP contribution is -2.48. The van der Waals surface area contributed by atoms with E-state index in [1.165, 1.54) is 16.9 Å². The Labute approximate surface area is 139 Å². The lowest BCUT2D eigenvalue weighted by Gasteiger charge is -2.33. The molecule has 3 rings (SSSR count). The van der Waals surface area contributed by atoms with Gasteiger partial charge < -0.3 is 4.90 Å². The molecule has 0 saturated carbocycles. The van der Waals surface area contributed by atoms with Gasteiger partial charge in [-0.2, -0.15) is 0 Å². The minimum Gasteiger partial charge on any atom is -0.335 e. The number of nitrogens with zero attached hydrogens (tertiary/aromatic N) is 2. The van der Waals surface area contributed by atoms with Gasteiger partial charge in [-0.25, -0.2) is 0 Å². The van der Waals surface area contributed by atoms with Gasteiger partial charge in [0.2, 0.25) is 0 Å². The van der Waals surface area contributed by atoms with Crippen molar-refractivity contribution in [3.63, 3.8) is 0 Å². The SMILES string of the molecule is C=CCN1CCN(C(=O)c2sc3cc(C)ccc3c2Cl)CC1. The molecule has 0 N–H and O–H groups in total. The molecule has 22 heavy (non-hydrogen) atoms. The third kappa shape index (κ3) is 2.91. The van der Waals surface area contributed by atoms with Crippen molar-refractivity contribution >= 4 is 38.9 Å². The Kier molecular flexibility index (Phi) is 4.52. The number of carbonyl (C=O) groups is 1. The number of fused-ring (bicyclic) bond motifs is 1. The summed E-state index contributed by atoms with van der Waals surface area (Å²) in [6, 6.07) is 6.12. The van der Waals surface area contributed by atoms with Gasteiger partial charge in [-0.1, -0.05) is 29.8 Å². The van der Waals surface area contributed by atoms with Crippen LogP contribution in [0.3, 0.4) is 0 Å². The van der Waals surface area contributed by atoms with Crippen molar-refractivity contribution in [3.8, 4) is 0 Å². The number of piperazine rings is 1. The summed E-state index contributed by atoms with van der Waals surface area (Å²) < 4.78 is 1.08. The van der Waals surface area contributed by atoms with Crippen molar-refractivity contribution in [1.82, 2.24) is 9.80 Å². The average molecular weight is 335 g/mol. The standard InChI is InChI=1S/C17H19ClN2OS/c1-3-6-19-7-9-20(10-8-19)17(21)16-15(18)13-5-4-12(2)11-14(13)22-16/h3-5,11H,1,6-10H2,2H3. The Morgan fingerprint density at radius 1 is 1.36 bits per heavy atom. The second-order valence-corrected chi connectivity index (χ2v) is 7.06. The van der Waals surface area contributed by atoms with Crippen molar-refractivity contribution in [2.24, 2.45) is 0 Å². The second kappa shape index (κ2) is 6.41. The van der Waals surface area contributed by atoms with Crippen LogP contribution in [0.25, 0.3) is 10.1 Å². The van der Waals surface area contributed by atoms with Crippen LogP contribution < -0.4 is 0 Å². The smallest absolute Gasteiger partial charge is 0.265 e. The highest BCUT2D eigenvalue weighted by Gasteiger charge is 2.25. The van der Waals surface area contributed by atoms with Crippen LogP contribution in [-0.4, -0.2) is 48.4 Å². The van der Waals surface area contributed by atoms with Crippen LogP contribution in [0.2, 0.25) is 5.02 Å². The lowest BCUT2D eigenvalue weighted by molar-refractivity contribution is 0.0655. The fourth-order valence-electron chi connectivity index (χ4n) is 2.77. The summed E-state index contributed by atoms with van der Waals surface area (Å²) in [5.41, 5.74) is 1.18. The Morgan fingerprint density at radius 2 is 2.09 bits per heavy atom. The molecule has 0 radical (unpaired) electrons. The van der Waals surface area contributed by atoms with Gasteiger partial charge >= 0.3 is 0 Å². The number of halogens is 1. The van der Waals surface area contributed by atoms with E-state index in [1.807, 2.05) is 30.0 Å². The number of carbonyl (C=O) groups excluding carboxylic acids is 1. The summed E-state index contributed by atoms with van der Waals surface area (Å²) in [7, 11) is 0. The van der Waals surface area contributed by atoms with E-state index in [2.05, 4.69) is 17.5 Å². The van der Waals surface area contributed by atoms with Gasteiger partial charge in [0.25, 0.3) is 5.91 Å². The zero-order valence-corrected chi connectivity index (χ0v) is 14.2. The van der Waals surface area contributed by atoms with Crippen LogP contribution in [0.4, 0.5) is 0 Å². The zero-order valence-electron chi connectivity index (χ0n) is 12.6. The molecule has 0 atom stereocenters. The molecule has 5 heteroatoms. The molecule has 0 spiro atoms. The maximum atomic E-state index is 12.8. The highest BCUT2D eigenvalue weighted by molar-refractivity contribution is 7.21. The number of rotatable bonds is 3. The second-order valence-electron chi connectivity index (χ2n) is 5.63. The molecule has 1 amide bonds. The third-order valence-corrected chi connectivity index (χ3v) is 5.67. The van der Waals surface area contributed by atoms with E-state index in [-0.39, 0.29) is 5.91 Å². The molecule has 1 aliphatic rings. The highest BCUT2D eigenvalue weighted by atomic mass is 35.5. The molecular formula is C17H19ClN2OS. The molecule has 1 aliphatic heterocycles. The summed E-state index contributed by atoms with van der Waals surface area (Å²) in [6.07, 6.45) is 1.91. The highest BCUT2D eigenvalue weighted by Crippen LogP contribution is 2.36. The molecule has 3 nitrogen and oxygen atoms in total. The zero-order chi connectivity index (χ0) is 15.7. The minimum absolute atomic E-state index is 0.0575. The van der Waals surface area contributed by atoms with E-state index in [0.717, 1.165) is 42.8 Å². The van der Waals surface area contributed by atoms with Crippen LogP contribution in [0.1, 0.15) is 15.2 Å². The molecule has 116 valence electrons. The maximum absolute atomic E-state index is 12.8. The van der Waals surface area contributed by atoms with Gasteiger partial charge in [0.1, 0.15) is 4.88 Å². The van der Waals surface area contributed by atoms with Gasteiger partial charge in [0, 0.05) is 42.8 Å². The molecule has 1 saturated heterocycles. The first kappa shape index (κ1) is 15.5. The summed E-state index contributed by atoms with van der Waals surface area (Å²) in [5.74, 6) is 0.0575. The topological polar surface area (TPSA) is 23.6 Å². The van der Waals surface area contributed by atoms with E-state index < -0.39 is 0 Å². The van der Waals surface area contributed by atoms with Crippen molar-refractivity contribution in [3.05, 3.63) is 46.3 Å². The van der Waals surface area contributed by atoms with Gasteiger partial charge in [0.15, 0.2) is 0 Å². The van der Waals surface area contributed by atoms with Gasteiger partial charge in [0.05, 0.1) is 5.02 Å². The van der Waals surface area contributed by atoms with E-state index in [4.69, 9.17) is 11.6 Å². The summed E-state index contributed by atoms with van der Waals surface area (Å²) in [6.45, 7) is 9.96. The number of thiophene rings is 1. The van der Waals surface area contributed by atoms with E-state index in [1.54, 1.807) is 0 Å². The summed E-state index contributed by atoms with van der Waals surface area (Å²) >= 11 is 7.94. The summed E-state index contributed by atoms with van der Waals surface area (Å²) in [5, 5.41) is 1.57. The van der Waals surface area contributed by atoms with E-state index in [0.29, 0.717) is 9.90 Å². The Balaban J connectivity index is 1.81. The van der Waals surface area contributed by atoms with Crippen molar-refractivity contribution in [2.75, 3.05) is 32.7 Å². The molecular weight excluding hydrogens is 316 g/mol. The molecule has 2 aromatic rings. The summed E-state index contributed by atoms with van der Waals surface area (Å²) in [4.78, 5) is 17.6. The largest absolute Gasteiger partial charge is 0.335 e. The predicted molar refractivity (Wildman–Crippen MR) is 94.1 cm³/mol.